The molecule has 1 aliphatic rings. The van der Waals surface area contributed by atoms with Gasteiger partial charge < -0.3 is 9.64 Å². The number of H-pyrrole nitrogens is 1. The average molecular weight is 337 g/mol. The van der Waals surface area contributed by atoms with Gasteiger partial charge in [-0.3, -0.25) is 9.89 Å². The van der Waals surface area contributed by atoms with E-state index in [-0.39, 0.29) is 11.8 Å². The Morgan fingerprint density at radius 1 is 1.32 bits per heavy atom. The fourth-order valence-electron chi connectivity index (χ4n) is 3.39. The number of benzene rings is 1. The first kappa shape index (κ1) is 15.6. The first-order valence-corrected chi connectivity index (χ1v) is 8.34. The number of ether oxygens (including phenoxy) is 1. The van der Waals surface area contributed by atoms with Gasteiger partial charge in [-0.15, -0.1) is 0 Å². The Morgan fingerprint density at radius 3 is 3.08 bits per heavy atom. The number of aromatic nitrogens is 4. The highest BCUT2D eigenvalue weighted by Crippen LogP contribution is 2.30. The van der Waals surface area contributed by atoms with Gasteiger partial charge in [-0.05, 0) is 31.0 Å². The number of fused-ring (bicyclic) bond motifs is 1. The number of amides is 1. The second-order valence-corrected chi connectivity index (χ2v) is 6.19. The maximum atomic E-state index is 12.9. The van der Waals surface area contributed by atoms with E-state index >= 15 is 0 Å². The van der Waals surface area contributed by atoms with Crippen molar-refractivity contribution < 1.29 is 9.53 Å². The summed E-state index contributed by atoms with van der Waals surface area (Å²) in [6.07, 6.45) is 5.24. The second-order valence-electron chi connectivity index (χ2n) is 6.19. The van der Waals surface area contributed by atoms with Gasteiger partial charge in [0.15, 0.2) is 5.65 Å². The minimum atomic E-state index is 0.0264. The fourth-order valence-corrected chi connectivity index (χ4v) is 3.39. The number of piperidine rings is 1. The molecule has 3 heterocycles. The van der Waals surface area contributed by atoms with Crippen molar-refractivity contribution in [3.05, 3.63) is 47.9 Å². The highest BCUT2D eigenvalue weighted by molar-refractivity contribution is 5.94. The number of nitrogens with one attached hydrogen (secondary N) is 1. The summed E-state index contributed by atoms with van der Waals surface area (Å²) in [7, 11) is 1.60. The van der Waals surface area contributed by atoms with Crippen molar-refractivity contribution in [3.8, 4) is 5.75 Å². The lowest BCUT2D eigenvalue weighted by Gasteiger charge is -2.32. The molecule has 0 saturated carbocycles. The summed E-state index contributed by atoms with van der Waals surface area (Å²) < 4.78 is 5.22. The van der Waals surface area contributed by atoms with Gasteiger partial charge >= 0.3 is 0 Å². The maximum Gasteiger partial charge on any atom is 0.254 e. The van der Waals surface area contributed by atoms with Crippen LogP contribution in [0.1, 0.15) is 34.8 Å². The van der Waals surface area contributed by atoms with Crippen molar-refractivity contribution in [3.63, 3.8) is 0 Å². The van der Waals surface area contributed by atoms with Crippen LogP contribution in [0, 0.1) is 0 Å². The van der Waals surface area contributed by atoms with Gasteiger partial charge in [-0.1, -0.05) is 6.07 Å². The van der Waals surface area contributed by atoms with Crippen LogP contribution in [-0.2, 0) is 0 Å². The molecule has 1 amide bonds. The molecule has 1 N–H and O–H groups in total. The third kappa shape index (κ3) is 2.93. The van der Waals surface area contributed by atoms with Crippen LogP contribution in [0.4, 0.5) is 0 Å². The highest BCUT2D eigenvalue weighted by atomic mass is 16.5. The van der Waals surface area contributed by atoms with Crippen LogP contribution in [0.25, 0.3) is 11.2 Å². The molecule has 1 aliphatic heterocycles. The highest BCUT2D eigenvalue weighted by Gasteiger charge is 2.28. The largest absolute Gasteiger partial charge is 0.497 e. The van der Waals surface area contributed by atoms with Crippen LogP contribution in [-0.4, -0.2) is 51.2 Å². The van der Waals surface area contributed by atoms with E-state index in [1.165, 1.54) is 0 Å². The number of aromatic amines is 1. The van der Waals surface area contributed by atoms with E-state index in [1.54, 1.807) is 25.6 Å². The molecule has 1 aromatic carbocycles. The van der Waals surface area contributed by atoms with E-state index in [2.05, 4.69) is 20.2 Å². The lowest BCUT2D eigenvalue weighted by atomic mass is 9.94. The van der Waals surface area contributed by atoms with Gasteiger partial charge in [-0.2, -0.15) is 5.10 Å². The summed E-state index contributed by atoms with van der Waals surface area (Å²) in [5.74, 6) is 0.901. The first-order chi connectivity index (χ1) is 12.3. The Morgan fingerprint density at radius 2 is 2.20 bits per heavy atom. The van der Waals surface area contributed by atoms with Gasteiger partial charge in [0, 0.05) is 37.0 Å². The van der Waals surface area contributed by atoms with Gasteiger partial charge in [0.25, 0.3) is 5.91 Å². The molecule has 0 radical (unpaired) electrons. The summed E-state index contributed by atoms with van der Waals surface area (Å²) in [5, 5.41) is 7.29. The molecule has 7 nitrogen and oxygen atoms in total. The molecule has 7 heteroatoms. The van der Waals surface area contributed by atoms with Gasteiger partial charge in [0.2, 0.25) is 0 Å². The van der Waals surface area contributed by atoms with Crippen LogP contribution in [0.3, 0.4) is 0 Å². The topological polar surface area (TPSA) is 84.0 Å². The Balaban J connectivity index is 1.57. The quantitative estimate of drug-likeness (QED) is 0.793. The van der Waals surface area contributed by atoms with Crippen molar-refractivity contribution in [1.82, 2.24) is 25.1 Å². The summed E-state index contributed by atoms with van der Waals surface area (Å²) in [5.41, 5.74) is 3.03. The molecule has 2 aromatic heterocycles. The van der Waals surface area contributed by atoms with Gasteiger partial charge in [0.1, 0.15) is 11.3 Å². The Hall–Kier alpha value is -2.96. The van der Waals surface area contributed by atoms with E-state index in [0.717, 1.165) is 30.6 Å². The van der Waals surface area contributed by atoms with E-state index < -0.39 is 0 Å². The average Bonchev–Trinajstić information content (AvgIpc) is 3.12. The summed E-state index contributed by atoms with van der Waals surface area (Å²) >= 11 is 0. The minimum Gasteiger partial charge on any atom is -0.497 e. The molecular formula is C18H19N5O2. The van der Waals surface area contributed by atoms with Crippen LogP contribution < -0.4 is 4.74 Å². The zero-order chi connectivity index (χ0) is 17.2. The van der Waals surface area contributed by atoms with Crippen molar-refractivity contribution in [2.45, 2.75) is 18.8 Å². The smallest absolute Gasteiger partial charge is 0.254 e. The standard InChI is InChI=1S/C18H19N5O2/c1-25-14-6-2-4-12(10-14)18(24)23-9-3-5-13(11-23)15-16-17(22-21-15)20-8-7-19-16/h2,4,6-8,10,13H,3,5,9,11H2,1H3,(H,20,21,22)/t13-/m1/s1. The number of rotatable bonds is 3. The van der Waals surface area contributed by atoms with Crippen LogP contribution in [0.5, 0.6) is 5.75 Å². The number of hydrogen-bond acceptors (Lipinski definition) is 5. The minimum absolute atomic E-state index is 0.0264. The Labute approximate surface area is 145 Å². The van der Waals surface area contributed by atoms with E-state index in [1.807, 2.05) is 23.1 Å². The molecule has 0 bridgehead atoms. The van der Waals surface area contributed by atoms with Crippen molar-refractivity contribution in [1.29, 1.82) is 0 Å². The van der Waals surface area contributed by atoms with Gasteiger partial charge in [-0.25, -0.2) is 9.97 Å². The monoisotopic (exact) mass is 337 g/mol. The van der Waals surface area contributed by atoms with Crippen LogP contribution in [0.2, 0.25) is 0 Å². The number of hydrogen-bond donors (Lipinski definition) is 1. The van der Waals surface area contributed by atoms with Crippen LogP contribution in [0.15, 0.2) is 36.7 Å². The molecule has 1 fully saturated rings. The molecule has 25 heavy (non-hydrogen) atoms. The first-order valence-electron chi connectivity index (χ1n) is 8.34. The molecule has 0 aliphatic carbocycles. The molecule has 1 saturated heterocycles. The molecular weight excluding hydrogens is 318 g/mol. The molecule has 128 valence electrons. The van der Waals surface area contributed by atoms with E-state index in [4.69, 9.17) is 4.74 Å². The number of carbonyl (C=O) groups is 1. The molecule has 0 spiro atoms. The number of carbonyl (C=O) groups excluding carboxylic acids is 1. The number of nitrogens with zero attached hydrogens (tertiary/aromatic N) is 4. The summed E-state index contributed by atoms with van der Waals surface area (Å²) in [6, 6.07) is 7.28. The number of likely N-dealkylation sites (tertiary alicyclic amines) is 1. The zero-order valence-corrected chi connectivity index (χ0v) is 14.0. The molecule has 3 aromatic rings. The maximum absolute atomic E-state index is 12.9. The fraction of sp³-hybridized carbons (Fsp3) is 0.333. The van der Waals surface area contributed by atoms with Crippen molar-refractivity contribution in [2.24, 2.45) is 0 Å². The molecule has 0 unspecified atom stereocenters. The van der Waals surface area contributed by atoms with Gasteiger partial charge in [0.05, 0.1) is 12.8 Å². The second kappa shape index (κ2) is 6.51. The van der Waals surface area contributed by atoms with E-state index in [9.17, 15) is 4.79 Å². The lowest BCUT2D eigenvalue weighted by Crippen LogP contribution is -2.39. The predicted molar refractivity (Wildman–Crippen MR) is 92.6 cm³/mol. The van der Waals surface area contributed by atoms with Crippen molar-refractivity contribution >= 4 is 17.1 Å². The summed E-state index contributed by atoms with van der Waals surface area (Å²) in [6.45, 7) is 1.40. The normalized spacial score (nSPS) is 17.6. The zero-order valence-electron chi connectivity index (χ0n) is 14.0. The Bertz CT molecular complexity index is 907. The van der Waals surface area contributed by atoms with Crippen molar-refractivity contribution in [2.75, 3.05) is 20.2 Å². The predicted octanol–water partition coefficient (Wildman–Crippen LogP) is 2.38. The molecule has 4 rings (SSSR count). The SMILES string of the molecule is COc1cccc(C(=O)N2CCC[C@@H](c3[nH]nc4nccnc34)C2)c1. The van der Waals surface area contributed by atoms with Crippen LogP contribution >= 0.6 is 0 Å². The van der Waals surface area contributed by atoms with E-state index in [0.29, 0.717) is 23.5 Å². The third-order valence-corrected chi connectivity index (χ3v) is 4.65. The molecule has 1 atom stereocenters. The summed E-state index contributed by atoms with van der Waals surface area (Å²) in [4.78, 5) is 23.4. The Kier molecular flexibility index (Phi) is 4.05. The lowest BCUT2D eigenvalue weighted by molar-refractivity contribution is 0.0706. The third-order valence-electron chi connectivity index (χ3n) is 4.65. The number of methoxy groups -OCH3 is 1.